The van der Waals surface area contributed by atoms with Gasteiger partial charge in [-0.25, -0.2) is 9.79 Å². The second-order valence-electron chi connectivity index (χ2n) is 5.62. The molecule has 1 aliphatic rings. The zero-order valence-corrected chi connectivity index (χ0v) is 15.1. The number of aromatic hydroxyl groups is 1. The summed E-state index contributed by atoms with van der Waals surface area (Å²) in [5.74, 6) is -0.651. The minimum atomic E-state index is -0.642. The highest BCUT2D eigenvalue weighted by Gasteiger charge is 2.33. The van der Waals surface area contributed by atoms with Crippen LogP contribution in [0.3, 0.4) is 0 Å². The maximum Gasteiger partial charge on any atom is 0.344 e. The Hall–Kier alpha value is -2.99. The van der Waals surface area contributed by atoms with Crippen LogP contribution >= 0.6 is 11.8 Å². The molecule has 132 valence electrons. The second-order valence-corrected chi connectivity index (χ2v) is 6.65. The summed E-state index contributed by atoms with van der Waals surface area (Å²) >= 11 is 1.20. The van der Waals surface area contributed by atoms with Crippen LogP contribution in [0.15, 0.2) is 69.8 Å². The molecule has 26 heavy (non-hydrogen) atoms. The monoisotopic (exact) mass is 367 g/mol. The van der Waals surface area contributed by atoms with Gasteiger partial charge in [0.25, 0.3) is 0 Å². The number of phenolic OH excluding ortho intramolecular Hbond substituents is 1. The molecule has 6 heteroatoms. The molecule has 0 bridgehead atoms. The van der Waals surface area contributed by atoms with Gasteiger partial charge in [-0.05, 0) is 42.3 Å². The predicted molar refractivity (Wildman–Crippen MR) is 104 cm³/mol. The summed E-state index contributed by atoms with van der Waals surface area (Å²) in [5, 5.41) is 20.3. The Morgan fingerprint density at radius 1 is 1.12 bits per heavy atom. The van der Waals surface area contributed by atoms with Gasteiger partial charge in [0.2, 0.25) is 0 Å². The van der Waals surface area contributed by atoms with E-state index in [4.69, 9.17) is 4.74 Å². The van der Waals surface area contributed by atoms with Gasteiger partial charge in [0, 0.05) is 0 Å². The molecule has 0 unspecified atom stereocenters. The number of para-hydroxylation sites is 1. The van der Waals surface area contributed by atoms with E-state index in [-0.39, 0.29) is 17.1 Å². The number of carbonyl (C=O) groups excluding carboxylic acids is 1. The lowest BCUT2D eigenvalue weighted by Crippen LogP contribution is -2.10. The van der Waals surface area contributed by atoms with Gasteiger partial charge in [0.1, 0.15) is 22.1 Å². The Bertz CT molecular complexity index is 943. The van der Waals surface area contributed by atoms with Crippen molar-refractivity contribution in [2.75, 3.05) is 7.11 Å². The van der Waals surface area contributed by atoms with Crippen LogP contribution < -0.4 is 0 Å². The Labute approximate surface area is 155 Å². The highest BCUT2D eigenvalue weighted by Crippen LogP contribution is 2.40. The van der Waals surface area contributed by atoms with Crippen LogP contribution in [0, 0.1) is 6.92 Å². The molecule has 5 nitrogen and oxygen atoms in total. The van der Waals surface area contributed by atoms with Crippen molar-refractivity contribution in [1.82, 2.24) is 0 Å². The molecule has 1 aliphatic heterocycles. The third-order valence-electron chi connectivity index (χ3n) is 3.81. The average Bonchev–Trinajstić information content (AvgIpc) is 2.93. The number of esters is 1. The summed E-state index contributed by atoms with van der Waals surface area (Å²) in [4.78, 5) is 17.2. The molecule has 0 aliphatic carbocycles. The number of methoxy groups -OCH3 is 1. The van der Waals surface area contributed by atoms with E-state index in [9.17, 15) is 15.0 Å². The number of benzene rings is 2. The smallest absolute Gasteiger partial charge is 0.344 e. The molecule has 0 fully saturated rings. The van der Waals surface area contributed by atoms with Gasteiger partial charge in [-0.2, -0.15) is 0 Å². The number of aryl methyl sites for hydroxylation is 1. The van der Waals surface area contributed by atoms with E-state index in [1.54, 1.807) is 30.3 Å². The molecular weight excluding hydrogens is 350 g/mol. The van der Waals surface area contributed by atoms with Gasteiger partial charge >= 0.3 is 5.97 Å². The van der Waals surface area contributed by atoms with Crippen molar-refractivity contribution in [3.8, 4) is 5.75 Å². The van der Waals surface area contributed by atoms with Crippen molar-refractivity contribution < 1.29 is 19.7 Å². The normalized spacial score (nSPS) is 17.2. The number of hydrogen-bond donors (Lipinski definition) is 2. The molecule has 0 saturated carbocycles. The minimum Gasteiger partial charge on any atom is -0.508 e. The molecule has 0 radical (unpaired) electrons. The van der Waals surface area contributed by atoms with E-state index in [1.807, 2.05) is 31.2 Å². The van der Waals surface area contributed by atoms with Crippen LogP contribution in [-0.4, -0.2) is 28.3 Å². The third-order valence-corrected chi connectivity index (χ3v) is 4.83. The zero-order valence-electron chi connectivity index (χ0n) is 14.3. The first-order valence-corrected chi connectivity index (χ1v) is 8.66. The van der Waals surface area contributed by atoms with Crippen LogP contribution in [0.2, 0.25) is 0 Å². The number of thioether (sulfide) groups is 1. The number of carbonyl (C=O) groups is 1. The van der Waals surface area contributed by atoms with Crippen molar-refractivity contribution >= 4 is 34.5 Å². The number of aliphatic hydroxyl groups is 1. The summed E-state index contributed by atoms with van der Waals surface area (Å²) in [5.41, 5.74) is 2.50. The van der Waals surface area contributed by atoms with Gasteiger partial charge < -0.3 is 14.9 Å². The lowest BCUT2D eigenvalue weighted by molar-refractivity contribution is -0.135. The van der Waals surface area contributed by atoms with E-state index < -0.39 is 5.97 Å². The number of aliphatic hydroxyl groups excluding tert-OH is 1. The van der Waals surface area contributed by atoms with E-state index >= 15 is 0 Å². The van der Waals surface area contributed by atoms with Gasteiger partial charge in [0.15, 0.2) is 0 Å². The van der Waals surface area contributed by atoms with Gasteiger partial charge in [-0.3, -0.25) is 0 Å². The Balaban J connectivity index is 2.06. The third kappa shape index (κ3) is 3.65. The number of aliphatic imine (C=N–C) groups is 1. The Morgan fingerprint density at radius 2 is 1.81 bits per heavy atom. The molecule has 0 atom stereocenters. The minimum absolute atomic E-state index is 0.0470. The zero-order chi connectivity index (χ0) is 18.7. The maximum absolute atomic E-state index is 12.2. The highest BCUT2D eigenvalue weighted by atomic mass is 32.2. The highest BCUT2D eigenvalue weighted by molar-refractivity contribution is 8.18. The van der Waals surface area contributed by atoms with Crippen molar-refractivity contribution in [3.63, 3.8) is 0 Å². The standard InChI is InChI=1S/C20H17NO4S/c1-12-5-3-4-6-15(12)21-19-17(20(24)25-2)18(23)16(26-19)11-13-7-9-14(22)10-8-13/h3-11,22-23H,1-2H3/b16-11+,21-19?. The summed E-state index contributed by atoms with van der Waals surface area (Å²) in [6.45, 7) is 1.92. The second kappa shape index (κ2) is 7.49. The molecular formula is C20H17NO4S. The van der Waals surface area contributed by atoms with Crippen LogP contribution in [0.5, 0.6) is 5.75 Å². The van der Waals surface area contributed by atoms with Crippen LogP contribution in [-0.2, 0) is 9.53 Å². The summed E-state index contributed by atoms with van der Waals surface area (Å²) < 4.78 is 4.81. The maximum atomic E-state index is 12.2. The summed E-state index contributed by atoms with van der Waals surface area (Å²) in [6, 6.07) is 14.1. The SMILES string of the molecule is COC(=O)C1=C(O)/C(=C\c2ccc(O)cc2)SC1=Nc1ccccc1C. The molecule has 2 N–H and O–H groups in total. The fourth-order valence-corrected chi connectivity index (χ4v) is 3.44. The van der Waals surface area contributed by atoms with Gasteiger partial charge in [0.05, 0.1) is 17.7 Å². The first kappa shape index (κ1) is 17.8. The predicted octanol–water partition coefficient (Wildman–Crippen LogP) is 4.50. The van der Waals surface area contributed by atoms with Crippen LogP contribution in [0.4, 0.5) is 5.69 Å². The van der Waals surface area contributed by atoms with Crippen LogP contribution in [0.25, 0.3) is 6.08 Å². The molecule has 3 rings (SSSR count). The first-order chi connectivity index (χ1) is 12.5. The van der Waals surface area contributed by atoms with Gasteiger partial charge in [-0.1, -0.05) is 42.1 Å². The fraction of sp³-hybridized carbons (Fsp3) is 0.100. The molecule has 1 heterocycles. The van der Waals surface area contributed by atoms with E-state index in [0.717, 1.165) is 16.8 Å². The molecule has 0 aromatic heterocycles. The summed E-state index contributed by atoms with van der Waals surface area (Å²) in [6.07, 6.45) is 1.72. The lowest BCUT2D eigenvalue weighted by atomic mass is 10.1. The van der Waals surface area contributed by atoms with E-state index in [0.29, 0.717) is 9.95 Å². The number of nitrogens with zero attached hydrogens (tertiary/aromatic N) is 1. The van der Waals surface area contributed by atoms with Crippen molar-refractivity contribution in [2.24, 2.45) is 4.99 Å². The quantitative estimate of drug-likeness (QED) is 0.781. The van der Waals surface area contributed by atoms with Crippen molar-refractivity contribution in [2.45, 2.75) is 6.92 Å². The number of hydrogen-bond acceptors (Lipinski definition) is 6. The van der Waals surface area contributed by atoms with Gasteiger partial charge in [-0.15, -0.1) is 0 Å². The molecule has 0 saturated heterocycles. The summed E-state index contributed by atoms with van der Waals surface area (Å²) in [7, 11) is 1.26. The fourth-order valence-electron chi connectivity index (χ4n) is 2.41. The topological polar surface area (TPSA) is 79.1 Å². The number of ether oxygens (including phenoxy) is 1. The molecule has 0 spiro atoms. The number of rotatable bonds is 3. The van der Waals surface area contributed by atoms with E-state index in [2.05, 4.69) is 4.99 Å². The van der Waals surface area contributed by atoms with E-state index in [1.165, 1.54) is 18.9 Å². The average molecular weight is 367 g/mol. The lowest BCUT2D eigenvalue weighted by Gasteiger charge is -2.03. The largest absolute Gasteiger partial charge is 0.508 e. The molecule has 2 aromatic carbocycles. The molecule has 2 aromatic rings. The molecule has 0 amide bonds. The Morgan fingerprint density at radius 3 is 2.46 bits per heavy atom. The first-order valence-electron chi connectivity index (χ1n) is 7.85. The van der Waals surface area contributed by atoms with Crippen LogP contribution in [0.1, 0.15) is 11.1 Å². The van der Waals surface area contributed by atoms with Crippen molar-refractivity contribution in [3.05, 3.63) is 75.9 Å². The Kier molecular flexibility index (Phi) is 5.14. The van der Waals surface area contributed by atoms with Crippen molar-refractivity contribution in [1.29, 1.82) is 0 Å². The number of phenols is 1.